The Morgan fingerprint density at radius 1 is 1.11 bits per heavy atom. The normalized spacial score (nSPS) is 19.5. The van der Waals surface area contributed by atoms with E-state index in [4.69, 9.17) is 5.73 Å². The number of sulfonamides is 1. The third kappa shape index (κ3) is 4.64. The number of nitrogen functional groups attached to an aromatic ring is 1. The van der Waals surface area contributed by atoms with Crippen LogP contribution in [0.2, 0.25) is 0 Å². The second kappa shape index (κ2) is 7.93. The number of carbonyl (C=O) groups is 1. The molecule has 0 saturated carbocycles. The van der Waals surface area contributed by atoms with Crippen molar-refractivity contribution >= 4 is 21.5 Å². The van der Waals surface area contributed by atoms with Crippen molar-refractivity contribution in [1.29, 1.82) is 0 Å². The number of nitrogens with one attached hydrogen (secondary N) is 1. The van der Waals surface area contributed by atoms with Crippen molar-refractivity contribution < 1.29 is 18.3 Å². The highest BCUT2D eigenvalue weighted by molar-refractivity contribution is 7.89. The largest absolute Gasteiger partial charge is 0.398 e. The van der Waals surface area contributed by atoms with Crippen molar-refractivity contribution in [2.45, 2.75) is 17.0 Å². The third-order valence-electron chi connectivity index (χ3n) is 4.21. The Bertz CT molecular complexity index is 1070. The summed E-state index contributed by atoms with van der Waals surface area (Å²) >= 11 is 0. The van der Waals surface area contributed by atoms with E-state index in [0.29, 0.717) is 11.1 Å². The van der Waals surface area contributed by atoms with E-state index in [-0.39, 0.29) is 22.8 Å². The molecular weight excluding hydrogens is 376 g/mol. The Balaban J connectivity index is 1.69. The summed E-state index contributed by atoms with van der Waals surface area (Å²) in [5.74, 6) is -0.143. The van der Waals surface area contributed by atoms with Gasteiger partial charge in [0.2, 0.25) is 10.0 Å². The lowest BCUT2D eigenvalue weighted by Crippen LogP contribution is -2.47. The quantitative estimate of drug-likeness (QED) is 0.301. The number of benzene rings is 2. The average Bonchev–Trinajstić information content (AvgIpc) is 2.67. The van der Waals surface area contributed by atoms with Crippen molar-refractivity contribution in [1.82, 2.24) is 4.72 Å². The van der Waals surface area contributed by atoms with Crippen LogP contribution in [0.1, 0.15) is 16.8 Å². The number of anilines is 1. The molecule has 3 rings (SSSR count). The maximum absolute atomic E-state index is 12.5. The predicted octanol–water partition coefficient (Wildman–Crippen LogP) is 2.56. The van der Waals surface area contributed by atoms with Gasteiger partial charge in [0.15, 0.2) is 11.5 Å². The van der Waals surface area contributed by atoms with Crippen LogP contribution in [0.25, 0.3) is 0 Å². The SMILES string of the molecule is Nc1ccccc1S(=O)(=O)NC1(O)C=CC(C=CC(=O)c2ccccc2)=CC1. The lowest BCUT2D eigenvalue weighted by molar-refractivity contribution is 0.0812. The molecule has 1 aliphatic carbocycles. The van der Waals surface area contributed by atoms with E-state index >= 15 is 0 Å². The van der Waals surface area contributed by atoms with Crippen LogP contribution in [0.4, 0.5) is 5.69 Å². The number of nitrogens with two attached hydrogens (primary N) is 1. The number of aliphatic hydroxyl groups is 1. The fourth-order valence-electron chi connectivity index (χ4n) is 2.73. The summed E-state index contributed by atoms with van der Waals surface area (Å²) in [5, 5.41) is 10.6. The number of hydrogen-bond donors (Lipinski definition) is 3. The van der Waals surface area contributed by atoms with Gasteiger partial charge in [0.25, 0.3) is 0 Å². The first-order chi connectivity index (χ1) is 13.3. The molecule has 0 spiro atoms. The highest BCUT2D eigenvalue weighted by Crippen LogP contribution is 2.24. The Morgan fingerprint density at radius 3 is 2.43 bits per heavy atom. The summed E-state index contributed by atoms with van der Waals surface area (Å²) in [6.45, 7) is 0. The second-order valence-corrected chi connectivity index (χ2v) is 8.02. The highest BCUT2D eigenvalue weighted by atomic mass is 32.2. The van der Waals surface area contributed by atoms with Gasteiger partial charge in [0.05, 0.1) is 5.69 Å². The van der Waals surface area contributed by atoms with Gasteiger partial charge in [-0.3, -0.25) is 4.79 Å². The van der Waals surface area contributed by atoms with Gasteiger partial charge < -0.3 is 10.8 Å². The molecule has 1 atom stereocenters. The Morgan fingerprint density at radius 2 is 1.79 bits per heavy atom. The summed E-state index contributed by atoms with van der Waals surface area (Å²) in [7, 11) is -4.01. The molecule has 0 fully saturated rings. The minimum atomic E-state index is -4.01. The van der Waals surface area contributed by atoms with Crippen LogP contribution >= 0.6 is 0 Å². The van der Waals surface area contributed by atoms with Crippen molar-refractivity contribution in [2.24, 2.45) is 0 Å². The topological polar surface area (TPSA) is 109 Å². The number of carbonyl (C=O) groups excluding carboxylic acids is 1. The van der Waals surface area contributed by atoms with Gasteiger partial charge in [-0.1, -0.05) is 60.7 Å². The van der Waals surface area contributed by atoms with E-state index in [1.54, 1.807) is 54.6 Å². The molecule has 2 aromatic rings. The van der Waals surface area contributed by atoms with Gasteiger partial charge in [-0.05, 0) is 29.9 Å². The van der Waals surface area contributed by atoms with Crippen molar-refractivity contribution in [3.05, 3.63) is 96.1 Å². The molecule has 7 heteroatoms. The van der Waals surface area contributed by atoms with Crippen LogP contribution in [-0.4, -0.2) is 25.0 Å². The third-order valence-corrected chi connectivity index (χ3v) is 5.78. The molecule has 1 aliphatic rings. The summed E-state index contributed by atoms with van der Waals surface area (Å²) in [6, 6.07) is 14.9. The first-order valence-corrected chi connectivity index (χ1v) is 10.1. The summed E-state index contributed by atoms with van der Waals surface area (Å²) in [5.41, 5.74) is 5.30. The van der Waals surface area contributed by atoms with Crippen LogP contribution in [0, 0.1) is 0 Å². The van der Waals surface area contributed by atoms with Crippen molar-refractivity contribution in [3.63, 3.8) is 0 Å². The zero-order valence-electron chi connectivity index (χ0n) is 14.9. The van der Waals surface area contributed by atoms with Gasteiger partial charge >= 0.3 is 0 Å². The van der Waals surface area contributed by atoms with E-state index in [9.17, 15) is 18.3 Å². The maximum Gasteiger partial charge on any atom is 0.245 e. The molecule has 2 aromatic carbocycles. The Labute approximate surface area is 163 Å². The summed E-state index contributed by atoms with van der Waals surface area (Å²) in [6.07, 6.45) is 7.60. The molecule has 0 heterocycles. The van der Waals surface area contributed by atoms with E-state index in [2.05, 4.69) is 4.72 Å². The zero-order valence-corrected chi connectivity index (χ0v) is 15.8. The minimum absolute atomic E-state index is 0.00860. The van der Waals surface area contributed by atoms with Crippen LogP contribution in [-0.2, 0) is 10.0 Å². The molecule has 0 saturated heterocycles. The molecule has 0 aliphatic heterocycles. The lowest BCUT2D eigenvalue weighted by atomic mass is 9.99. The molecule has 0 amide bonds. The fraction of sp³-hybridized carbons (Fsp3) is 0.0952. The Hall–Kier alpha value is -3.00. The lowest BCUT2D eigenvalue weighted by Gasteiger charge is -2.27. The summed E-state index contributed by atoms with van der Waals surface area (Å²) in [4.78, 5) is 12.0. The second-order valence-electron chi connectivity index (χ2n) is 6.37. The van der Waals surface area contributed by atoms with Gasteiger partial charge in [-0.25, -0.2) is 8.42 Å². The number of allylic oxidation sites excluding steroid dienone is 4. The summed E-state index contributed by atoms with van der Waals surface area (Å²) < 4.78 is 27.3. The van der Waals surface area contributed by atoms with Gasteiger partial charge in [-0.15, -0.1) is 0 Å². The Kier molecular flexibility index (Phi) is 5.60. The van der Waals surface area contributed by atoms with Gasteiger partial charge in [0.1, 0.15) is 4.90 Å². The standard InChI is InChI=1S/C21H20N2O4S/c22-18-8-4-5-9-20(18)28(26,27)23-21(25)14-12-16(13-15-21)10-11-19(24)17-6-2-1-3-7-17/h1-14,23,25H,15,22H2. The number of hydrogen-bond acceptors (Lipinski definition) is 5. The van der Waals surface area contributed by atoms with E-state index in [1.807, 2.05) is 6.07 Å². The molecule has 0 radical (unpaired) electrons. The molecule has 0 bridgehead atoms. The van der Waals surface area contributed by atoms with Crippen LogP contribution in [0.3, 0.4) is 0 Å². The first kappa shape index (κ1) is 19.8. The van der Waals surface area contributed by atoms with Gasteiger partial charge in [0, 0.05) is 12.0 Å². The smallest absolute Gasteiger partial charge is 0.245 e. The average molecular weight is 396 g/mol. The van der Waals surface area contributed by atoms with Crippen molar-refractivity contribution in [2.75, 3.05) is 5.73 Å². The van der Waals surface area contributed by atoms with Gasteiger partial charge in [-0.2, -0.15) is 4.72 Å². The minimum Gasteiger partial charge on any atom is -0.398 e. The monoisotopic (exact) mass is 396 g/mol. The van der Waals surface area contributed by atoms with E-state index in [1.165, 1.54) is 24.3 Å². The molecule has 6 nitrogen and oxygen atoms in total. The number of rotatable bonds is 6. The van der Waals surface area contributed by atoms with Crippen LogP contribution in [0.15, 0.2) is 95.4 Å². The van der Waals surface area contributed by atoms with Crippen molar-refractivity contribution in [3.8, 4) is 0 Å². The molecule has 144 valence electrons. The molecule has 4 N–H and O–H groups in total. The maximum atomic E-state index is 12.5. The highest BCUT2D eigenvalue weighted by Gasteiger charge is 2.32. The molecule has 0 aromatic heterocycles. The number of para-hydroxylation sites is 1. The molecule has 28 heavy (non-hydrogen) atoms. The predicted molar refractivity (Wildman–Crippen MR) is 108 cm³/mol. The van der Waals surface area contributed by atoms with E-state index < -0.39 is 15.7 Å². The number of ketones is 1. The van der Waals surface area contributed by atoms with E-state index in [0.717, 1.165) is 0 Å². The zero-order chi connectivity index (χ0) is 20.2. The van der Waals surface area contributed by atoms with Crippen LogP contribution in [0.5, 0.6) is 0 Å². The fourth-order valence-corrected chi connectivity index (χ4v) is 4.09. The van der Waals surface area contributed by atoms with Crippen LogP contribution < -0.4 is 10.5 Å². The molecule has 1 unspecified atom stereocenters. The first-order valence-electron chi connectivity index (χ1n) is 8.57. The molecular formula is C21H20N2O4S.